The summed E-state index contributed by atoms with van der Waals surface area (Å²) in [6.45, 7) is -0.0236. The molecule has 0 aliphatic carbocycles. The molecule has 0 aliphatic heterocycles. The third-order valence-corrected chi connectivity index (χ3v) is 3.21. The van der Waals surface area contributed by atoms with Crippen LogP contribution in [0.1, 0.15) is 10.5 Å². The predicted octanol–water partition coefficient (Wildman–Crippen LogP) is -0.824. The Balaban J connectivity index is 2.45. The number of hydrogen-bond acceptors (Lipinski definition) is 6. The quantitative estimate of drug-likeness (QED) is 0.570. The minimum atomic E-state index is -5.07. The van der Waals surface area contributed by atoms with Crippen molar-refractivity contribution in [1.29, 1.82) is 0 Å². The van der Waals surface area contributed by atoms with E-state index in [1.807, 2.05) is 0 Å². The molecule has 1 aromatic heterocycles. The molecule has 0 saturated heterocycles. The Labute approximate surface area is 147 Å². The van der Waals surface area contributed by atoms with Gasteiger partial charge in [0.15, 0.2) is 0 Å². The molecule has 26 heavy (non-hydrogen) atoms. The first-order chi connectivity index (χ1) is 12.0. The fourth-order valence-electron chi connectivity index (χ4n) is 1.78. The van der Waals surface area contributed by atoms with Crippen molar-refractivity contribution in [3.05, 3.63) is 18.2 Å². The lowest BCUT2D eigenvalue weighted by Crippen LogP contribution is -2.44. The van der Waals surface area contributed by atoms with E-state index in [4.69, 9.17) is 10.5 Å². The number of carbonyl (C=O) groups excluding carboxylic acids is 3. The molecule has 3 N–H and O–H groups in total. The average molecular weight is 379 g/mol. The van der Waals surface area contributed by atoms with E-state index in [1.54, 1.807) is 14.1 Å². The minimum Gasteiger partial charge on any atom is -0.370 e. The second-order valence-corrected chi connectivity index (χ2v) is 5.50. The first-order valence-corrected chi connectivity index (χ1v) is 7.48. The van der Waals surface area contributed by atoms with Gasteiger partial charge in [-0.05, 0) is 0 Å². The number of ether oxygens (including phenoxy) is 1. The number of imidazole rings is 1. The Kier molecular flexibility index (Phi) is 7.71. The second kappa shape index (κ2) is 9.29. The summed E-state index contributed by atoms with van der Waals surface area (Å²) in [6, 6.07) is -1.19. The number of carbonyl (C=O) groups is 3. The molecule has 1 heterocycles. The summed E-state index contributed by atoms with van der Waals surface area (Å²) in [7, 11) is 3.14. The topological polar surface area (TPSA) is 120 Å². The van der Waals surface area contributed by atoms with Crippen LogP contribution in [0.3, 0.4) is 0 Å². The molecule has 2 amide bonds. The van der Waals surface area contributed by atoms with Crippen LogP contribution in [0.5, 0.6) is 0 Å². The Bertz CT molecular complexity index is 645. The normalized spacial score (nSPS) is 12.5. The van der Waals surface area contributed by atoms with Crippen molar-refractivity contribution in [3.63, 3.8) is 0 Å². The molecule has 1 atom stereocenters. The maximum atomic E-state index is 12.5. The molecule has 0 aliphatic rings. The van der Waals surface area contributed by atoms with Gasteiger partial charge in [-0.1, -0.05) is 0 Å². The van der Waals surface area contributed by atoms with Gasteiger partial charge in [0, 0.05) is 39.0 Å². The van der Waals surface area contributed by atoms with E-state index in [2.05, 4.69) is 10.3 Å². The van der Waals surface area contributed by atoms with Gasteiger partial charge in [-0.3, -0.25) is 19.0 Å². The smallest absolute Gasteiger partial charge is 0.370 e. The van der Waals surface area contributed by atoms with Gasteiger partial charge in [0.25, 0.3) is 0 Å². The number of alkyl halides is 3. The van der Waals surface area contributed by atoms with Crippen LogP contribution in [0.4, 0.5) is 13.2 Å². The third-order valence-electron chi connectivity index (χ3n) is 3.21. The standard InChI is InChI=1S/C14H20F3N5O4/c1-21(2)11(23)7-26-4-3-20-12(24)10(18)5-9-6-19-8-22(9)13(25)14(15,16)17/h6,8,10H,3-5,7,18H2,1-2H3,(H,20,24). The van der Waals surface area contributed by atoms with Crippen LogP contribution < -0.4 is 11.1 Å². The lowest BCUT2D eigenvalue weighted by molar-refractivity contribution is -0.133. The van der Waals surface area contributed by atoms with Crippen LogP contribution in [0.2, 0.25) is 0 Å². The Morgan fingerprint density at radius 2 is 2.04 bits per heavy atom. The van der Waals surface area contributed by atoms with Crippen molar-refractivity contribution in [2.45, 2.75) is 18.6 Å². The summed E-state index contributed by atoms with van der Waals surface area (Å²) in [5.41, 5.74) is 5.51. The number of nitrogens with one attached hydrogen (secondary N) is 1. The molecule has 1 unspecified atom stereocenters. The number of nitrogens with zero attached hydrogens (tertiary/aromatic N) is 3. The molecule has 0 fully saturated rings. The van der Waals surface area contributed by atoms with Gasteiger partial charge < -0.3 is 20.7 Å². The molecule has 146 valence electrons. The molecule has 12 heteroatoms. The summed E-state index contributed by atoms with van der Waals surface area (Å²) < 4.78 is 42.8. The first kappa shape index (κ1) is 21.6. The third kappa shape index (κ3) is 6.44. The second-order valence-electron chi connectivity index (χ2n) is 5.50. The lowest BCUT2D eigenvalue weighted by Gasteiger charge is -2.14. The molecular weight excluding hydrogens is 359 g/mol. The number of amides is 2. The van der Waals surface area contributed by atoms with Crippen LogP contribution in [-0.4, -0.2) is 78.2 Å². The van der Waals surface area contributed by atoms with Crippen LogP contribution in [-0.2, 0) is 20.7 Å². The van der Waals surface area contributed by atoms with E-state index in [1.165, 1.54) is 4.90 Å². The van der Waals surface area contributed by atoms with E-state index in [0.29, 0.717) is 10.9 Å². The van der Waals surface area contributed by atoms with Crippen molar-refractivity contribution < 1.29 is 32.3 Å². The highest BCUT2D eigenvalue weighted by molar-refractivity contribution is 5.85. The van der Waals surface area contributed by atoms with Crippen LogP contribution in [0, 0.1) is 0 Å². The molecule has 0 saturated carbocycles. The van der Waals surface area contributed by atoms with Gasteiger partial charge in [-0.15, -0.1) is 0 Å². The molecule has 1 rings (SSSR count). The SMILES string of the molecule is CN(C)C(=O)COCCNC(=O)C(N)Cc1cncn1C(=O)C(F)(F)F. The van der Waals surface area contributed by atoms with Crippen LogP contribution >= 0.6 is 0 Å². The molecule has 1 aromatic rings. The van der Waals surface area contributed by atoms with Crippen molar-refractivity contribution >= 4 is 17.7 Å². The van der Waals surface area contributed by atoms with E-state index >= 15 is 0 Å². The predicted molar refractivity (Wildman–Crippen MR) is 83.1 cm³/mol. The number of likely N-dealkylation sites (N-methyl/N-ethyl adjacent to an activating group) is 1. The number of hydrogen-bond donors (Lipinski definition) is 2. The zero-order valence-electron chi connectivity index (χ0n) is 14.2. The van der Waals surface area contributed by atoms with Gasteiger partial charge in [0.05, 0.1) is 12.6 Å². The summed E-state index contributed by atoms with van der Waals surface area (Å²) in [6.07, 6.45) is -3.63. The van der Waals surface area contributed by atoms with Gasteiger partial charge in [-0.25, -0.2) is 4.98 Å². The monoisotopic (exact) mass is 379 g/mol. The highest BCUT2D eigenvalue weighted by Crippen LogP contribution is 2.19. The zero-order chi connectivity index (χ0) is 19.9. The molecule has 0 radical (unpaired) electrons. The van der Waals surface area contributed by atoms with E-state index < -0.39 is 24.0 Å². The highest BCUT2D eigenvalue weighted by atomic mass is 19.4. The van der Waals surface area contributed by atoms with Crippen LogP contribution in [0.25, 0.3) is 0 Å². The summed E-state index contributed by atoms with van der Waals surface area (Å²) in [4.78, 5) is 39.2. The van der Waals surface area contributed by atoms with Gasteiger partial charge >= 0.3 is 12.1 Å². The molecule has 0 aromatic carbocycles. The summed E-state index contributed by atoms with van der Waals surface area (Å²) in [5, 5.41) is 2.43. The van der Waals surface area contributed by atoms with E-state index in [9.17, 15) is 27.6 Å². The molecule has 9 nitrogen and oxygen atoms in total. The Morgan fingerprint density at radius 3 is 2.62 bits per heavy atom. The maximum absolute atomic E-state index is 12.5. The maximum Gasteiger partial charge on any atom is 0.472 e. The van der Waals surface area contributed by atoms with Gasteiger partial charge in [0.2, 0.25) is 11.8 Å². The van der Waals surface area contributed by atoms with Crippen LogP contribution in [0.15, 0.2) is 12.5 Å². The number of halogens is 3. The summed E-state index contributed by atoms with van der Waals surface area (Å²) in [5.74, 6) is -2.99. The zero-order valence-corrected chi connectivity index (χ0v) is 14.2. The number of rotatable bonds is 8. The lowest BCUT2D eigenvalue weighted by atomic mass is 10.1. The first-order valence-electron chi connectivity index (χ1n) is 7.48. The fourth-order valence-corrected chi connectivity index (χ4v) is 1.78. The van der Waals surface area contributed by atoms with Crippen molar-refractivity contribution in [1.82, 2.24) is 19.8 Å². The molecular formula is C14H20F3N5O4. The largest absolute Gasteiger partial charge is 0.472 e. The van der Waals surface area contributed by atoms with E-state index in [-0.39, 0.29) is 37.8 Å². The molecule has 0 spiro atoms. The van der Waals surface area contributed by atoms with Crippen molar-refractivity contribution in [2.24, 2.45) is 5.73 Å². The molecule has 0 bridgehead atoms. The Morgan fingerprint density at radius 1 is 1.38 bits per heavy atom. The number of aromatic nitrogens is 2. The van der Waals surface area contributed by atoms with E-state index in [0.717, 1.165) is 6.20 Å². The van der Waals surface area contributed by atoms with Crippen molar-refractivity contribution in [3.8, 4) is 0 Å². The number of nitrogens with two attached hydrogens (primary N) is 1. The van der Waals surface area contributed by atoms with Gasteiger partial charge in [-0.2, -0.15) is 13.2 Å². The van der Waals surface area contributed by atoms with Gasteiger partial charge in [0.1, 0.15) is 12.9 Å². The minimum absolute atomic E-state index is 0.0581. The Hall–Kier alpha value is -2.47. The van der Waals surface area contributed by atoms with Crippen molar-refractivity contribution in [2.75, 3.05) is 33.9 Å². The highest BCUT2D eigenvalue weighted by Gasteiger charge is 2.41. The summed E-state index contributed by atoms with van der Waals surface area (Å²) >= 11 is 0. The average Bonchev–Trinajstić information content (AvgIpc) is 3.00. The fraction of sp³-hybridized carbons (Fsp3) is 0.571.